The number of hydrogen-bond acceptors (Lipinski definition) is 2. The van der Waals surface area contributed by atoms with Crippen molar-refractivity contribution in [3.05, 3.63) is 42.5 Å². The summed E-state index contributed by atoms with van der Waals surface area (Å²) >= 11 is 5.17. The van der Waals surface area contributed by atoms with Gasteiger partial charge in [-0.25, -0.2) is 0 Å². The van der Waals surface area contributed by atoms with E-state index in [2.05, 4.69) is 22.8 Å². The van der Waals surface area contributed by atoms with Gasteiger partial charge in [0, 0.05) is 29.1 Å². The maximum Gasteiger partial charge on any atom is 0.170 e. The fourth-order valence-corrected chi connectivity index (χ4v) is 2.40. The van der Waals surface area contributed by atoms with Crippen molar-refractivity contribution in [2.45, 2.75) is 6.92 Å². The molecule has 3 nitrogen and oxygen atoms in total. The van der Waals surface area contributed by atoms with Crippen LogP contribution in [0.15, 0.2) is 46.9 Å². The van der Waals surface area contributed by atoms with Crippen LogP contribution in [0, 0.1) is 0 Å². The molecule has 2 aromatic carbocycles. The molecule has 3 rings (SSSR count). The molecular formula is C15H14N2OS. The summed E-state index contributed by atoms with van der Waals surface area (Å²) in [5.41, 5.74) is 2.70. The molecule has 1 heterocycles. The Morgan fingerprint density at radius 1 is 1.11 bits per heavy atom. The first-order valence-electron chi connectivity index (χ1n) is 6.24. The van der Waals surface area contributed by atoms with Gasteiger partial charge >= 0.3 is 0 Å². The second-order valence-corrected chi connectivity index (χ2v) is 4.70. The number of furan rings is 1. The molecule has 2 N–H and O–H groups in total. The van der Waals surface area contributed by atoms with Crippen LogP contribution in [0.4, 0.5) is 5.69 Å². The highest BCUT2D eigenvalue weighted by Gasteiger charge is 2.07. The first-order chi connectivity index (χ1) is 9.28. The van der Waals surface area contributed by atoms with Gasteiger partial charge in [0.05, 0.1) is 0 Å². The Hall–Kier alpha value is -2.07. The lowest BCUT2D eigenvalue weighted by atomic mass is 10.1. The lowest BCUT2D eigenvalue weighted by Crippen LogP contribution is -2.27. The van der Waals surface area contributed by atoms with Crippen LogP contribution in [0.2, 0.25) is 0 Å². The summed E-state index contributed by atoms with van der Waals surface area (Å²) < 4.78 is 5.83. The average molecular weight is 270 g/mol. The van der Waals surface area contributed by atoms with Gasteiger partial charge in [-0.05, 0) is 37.3 Å². The summed E-state index contributed by atoms with van der Waals surface area (Å²) in [6, 6.07) is 14.1. The van der Waals surface area contributed by atoms with E-state index in [0.717, 1.165) is 34.2 Å². The van der Waals surface area contributed by atoms with E-state index in [1.54, 1.807) is 0 Å². The Morgan fingerprint density at radius 2 is 1.89 bits per heavy atom. The van der Waals surface area contributed by atoms with E-state index in [-0.39, 0.29) is 0 Å². The van der Waals surface area contributed by atoms with Crippen LogP contribution < -0.4 is 10.6 Å². The maximum atomic E-state index is 5.83. The first-order valence-corrected chi connectivity index (χ1v) is 6.65. The second kappa shape index (κ2) is 4.90. The number of anilines is 1. The molecule has 0 unspecified atom stereocenters. The smallest absolute Gasteiger partial charge is 0.170 e. The summed E-state index contributed by atoms with van der Waals surface area (Å²) in [5.74, 6) is 0. The van der Waals surface area contributed by atoms with Crippen LogP contribution in [-0.4, -0.2) is 11.7 Å². The minimum atomic E-state index is 0.623. The highest BCUT2D eigenvalue weighted by atomic mass is 32.1. The van der Waals surface area contributed by atoms with Crippen molar-refractivity contribution in [2.24, 2.45) is 0 Å². The zero-order valence-corrected chi connectivity index (χ0v) is 11.4. The van der Waals surface area contributed by atoms with E-state index in [1.807, 2.05) is 37.3 Å². The zero-order valence-electron chi connectivity index (χ0n) is 10.6. The molecule has 1 aromatic heterocycles. The fraction of sp³-hybridized carbons (Fsp3) is 0.133. The van der Waals surface area contributed by atoms with Crippen LogP contribution in [0.25, 0.3) is 21.9 Å². The predicted molar refractivity (Wildman–Crippen MR) is 83.6 cm³/mol. The van der Waals surface area contributed by atoms with Crippen LogP contribution >= 0.6 is 12.2 Å². The third-order valence-corrected chi connectivity index (χ3v) is 3.22. The molecule has 0 spiro atoms. The molecule has 4 heteroatoms. The van der Waals surface area contributed by atoms with Crippen LogP contribution in [0.5, 0.6) is 0 Å². The molecule has 0 aliphatic heterocycles. The second-order valence-electron chi connectivity index (χ2n) is 4.29. The fourth-order valence-electron chi connectivity index (χ4n) is 2.14. The highest BCUT2D eigenvalue weighted by Crippen LogP contribution is 2.30. The van der Waals surface area contributed by atoms with Crippen molar-refractivity contribution < 1.29 is 4.42 Å². The molecule has 0 atom stereocenters. The minimum absolute atomic E-state index is 0.623. The molecule has 0 amide bonds. The zero-order chi connectivity index (χ0) is 13.2. The summed E-state index contributed by atoms with van der Waals surface area (Å²) in [6.07, 6.45) is 0. The molecule has 0 fully saturated rings. The molecule has 19 heavy (non-hydrogen) atoms. The van der Waals surface area contributed by atoms with Gasteiger partial charge in [0.1, 0.15) is 11.2 Å². The summed E-state index contributed by atoms with van der Waals surface area (Å²) in [5, 5.41) is 9.08. The number of hydrogen-bond donors (Lipinski definition) is 2. The summed E-state index contributed by atoms with van der Waals surface area (Å²) in [4.78, 5) is 0. The van der Waals surface area contributed by atoms with Crippen molar-refractivity contribution in [3.63, 3.8) is 0 Å². The van der Waals surface area contributed by atoms with Gasteiger partial charge in [-0.1, -0.05) is 18.2 Å². The molecule has 3 aromatic rings. The van der Waals surface area contributed by atoms with Gasteiger partial charge < -0.3 is 15.1 Å². The van der Waals surface area contributed by atoms with Gasteiger partial charge in [-0.2, -0.15) is 0 Å². The van der Waals surface area contributed by atoms with Crippen molar-refractivity contribution in [2.75, 3.05) is 11.9 Å². The first kappa shape index (κ1) is 12.0. The molecule has 0 radical (unpaired) electrons. The van der Waals surface area contributed by atoms with Crippen molar-refractivity contribution in [3.8, 4) is 0 Å². The number of thiocarbonyl (C=S) groups is 1. The van der Waals surface area contributed by atoms with Crippen LogP contribution in [-0.2, 0) is 0 Å². The van der Waals surface area contributed by atoms with E-state index < -0.39 is 0 Å². The number of para-hydroxylation sites is 1. The summed E-state index contributed by atoms with van der Waals surface area (Å²) in [6.45, 7) is 2.81. The Morgan fingerprint density at radius 3 is 2.74 bits per heavy atom. The van der Waals surface area contributed by atoms with E-state index in [9.17, 15) is 0 Å². The van der Waals surface area contributed by atoms with Crippen molar-refractivity contribution in [1.29, 1.82) is 0 Å². The lowest BCUT2D eigenvalue weighted by Gasteiger charge is -2.08. The van der Waals surface area contributed by atoms with Crippen LogP contribution in [0.3, 0.4) is 0 Å². The topological polar surface area (TPSA) is 37.2 Å². The molecule has 0 saturated heterocycles. The molecule has 96 valence electrons. The van der Waals surface area contributed by atoms with Crippen molar-refractivity contribution in [1.82, 2.24) is 5.32 Å². The van der Waals surface area contributed by atoms with Gasteiger partial charge in [0.2, 0.25) is 0 Å². The van der Waals surface area contributed by atoms with E-state index in [4.69, 9.17) is 16.6 Å². The maximum absolute atomic E-state index is 5.83. The normalized spacial score (nSPS) is 10.8. The van der Waals surface area contributed by atoms with Gasteiger partial charge in [0.15, 0.2) is 5.11 Å². The van der Waals surface area contributed by atoms with E-state index >= 15 is 0 Å². The molecule has 0 saturated carbocycles. The lowest BCUT2D eigenvalue weighted by molar-refractivity contribution is 0.669. The Kier molecular flexibility index (Phi) is 3.09. The Bertz CT molecular complexity index is 748. The van der Waals surface area contributed by atoms with E-state index in [1.165, 1.54) is 0 Å². The molecule has 0 bridgehead atoms. The summed E-state index contributed by atoms with van der Waals surface area (Å²) in [7, 11) is 0. The van der Waals surface area contributed by atoms with Gasteiger partial charge in [0.25, 0.3) is 0 Å². The number of benzene rings is 2. The average Bonchev–Trinajstić information content (AvgIpc) is 2.76. The molecule has 0 aliphatic carbocycles. The monoisotopic (exact) mass is 270 g/mol. The largest absolute Gasteiger partial charge is 0.456 e. The Balaban J connectivity index is 2.01. The number of rotatable bonds is 2. The van der Waals surface area contributed by atoms with E-state index in [0.29, 0.717) is 5.11 Å². The molecule has 0 aliphatic rings. The molecular weight excluding hydrogens is 256 g/mol. The third-order valence-electron chi connectivity index (χ3n) is 2.97. The van der Waals surface area contributed by atoms with Crippen LogP contribution in [0.1, 0.15) is 6.92 Å². The third kappa shape index (κ3) is 2.27. The highest BCUT2D eigenvalue weighted by molar-refractivity contribution is 7.80. The van der Waals surface area contributed by atoms with Gasteiger partial charge in [-0.15, -0.1) is 0 Å². The minimum Gasteiger partial charge on any atom is -0.456 e. The number of nitrogens with one attached hydrogen (secondary N) is 2. The standard InChI is InChI=1S/C15H14N2OS/c1-2-16-15(19)17-10-7-8-12-11-5-3-4-6-13(11)18-14(12)9-10/h3-9H,2H2,1H3,(H2,16,17,19). The SMILES string of the molecule is CCNC(=S)Nc1ccc2c(c1)oc1ccccc12. The Labute approximate surface area is 116 Å². The quantitative estimate of drug-likeness (QED) is 0.693. The van der Waals surface area contributed by atoms with Crippen molar-refractivity contribution >= 4 is 45.0 Å². The predicted octanol–water partition coefficient (Wildman–Crippen LogP) is 3.89. The van der Waals surface area contributed by atoms with Gasteiger partial charge in [-0.3, -0.25) is 0 Å². The number of fused-ring (bicyclic) bond motifs is 3.